The van der Waals surface area contributed by atoms with Gasteiger partial charge in [0.15, 0.2) is 5.75 Å². The molecule has 0 aliphatic heterocycles. The van der Waals surface area contributed by atoms with Gasteiger partial charge in [-0.25, -0.2) is 0 Å². The van der Waals surface area contributed by atoms with Crippen molar-refractivity contribution in [2.45, 2.75) is 44.1 Å². The molecule has 1 aliphatic carbocycles. The van der Waals surface area contributed by atoms with Crippen molar-refractivity contribution < 1.29 is 5.11 Å². The first kappa shape index (κ1) is 15.1. The van der Waals surface area contributed by atoms with E-state index in [9.17, 15) is 5.11 Å². The summed E-state index contributed by atoms with van der Waals surface area (Å²) in [6.07, 6.45) is 5.94. The average molecular weight is 294 g/mol. The highest BCUT2D eigenvalue weighted by molar-refractivity contribution is 5.30. The van der Waals surface area contributed by atoms with E-state index in [4.69, 9.17) is 0 Å². The van der Waals surface area contributed by atoms with Gasteiger partial charge in [-0.1, -0.05) is 48.9 Å². The lowest BCUT2D eigenvalue weighted by Crippen LogP contribution is -2.34. The SMILES string of the molecule is [O]c1cccc(C2CCCC(NCCc3ccccc3)C2)c1. The topological polar surface area (TPSA) is 31.9 Å². The molecule has 0 saturated heterocycles. The van der Waals surface area contributed by atoms with Crippen LogP contribution in [0.25, 0.3) is 0 Å². The standard InChI is InChI=1S/C20H24NO/c22-20-11-5-9-18(15-20)17-8-4-10-19(14-17)21-13-12-16-6-2-1-3-7-16/h1-3,5-7,9,11,15,17,19,21H,4,8,10,12-14H2. The molecule has 115 valence electrons. The third-order valence-corrected chi connectivity index (χ3v) is 4.69. The van der Waals surface area contributed by atoms with Crippen molar-refractivity contribution in [3.05, 3.63) is 65.7 Å². The first-order valence-electron chi connectivity index (χ1n) is 8.35. The van der Waals surface area contributed by atoms with Gasteiger partial charge in [-0.15, -0.1) is 0 Å². The smallest absolute Gasteiger partial charge is 0.178 e. The number of rotatable bonds is 5. The Bertz CT molecular complexity index is 581. The van der Waals surface area contributed by atoms with Crippen molar-refractivity contribution >= 4 is 0 Å². The fraction of sp³-hybridized carbons (Fsp3) is 0.400. The molecular formula is C20H24NO. The maximum atomic E-state index is 11.5. The van der Waals surface area contributed by atoms with Crippen LogP contribution in [0, 0.1) is 0 Å². The molecule has 0 aromatic heterocycles. The second kappa shape index (κ2) is 7.46. The van der Waals surface area contributed by atoms with Crippen LogP contribution in [0.4, 0.5) is 0 Å². The van der Waals surface area contributed by atoms with Crippen LogP contribution in [0.1, 0.15) is 42.7 Å². The summed E-state index contributed by atoms with van der Waals surface area (Å²) in [6, 6.07) is 18.7. The zero-order valence-corrected chi connectivity index (χ0v) is 13.0. The Morgan fingerprint density at radius 2 is 1.86 bits per heavy atom. The lowest BCUT2D eigenvalue weighted by atomic mass is 9.81. The van der Waals surface area contributed by atoms with Crippen LogP contribution in [0.15, 0.2) is 54.6 Å². The Morgan fingerprint density at radius 3 is 2.68 bits per heavy atom. The second-order valence-electron chi connectivity index (χ2n) is 6.32. The van der Waals surface area contributed by atoms with E-state index in [1.54, 1.807) is 6.07 Å². The summed E-state index contributed by atoms with van der Waals surface area (Å²) in [7, 11) is 0. The van der Waals surface area contributed by atoms with Gasteiger partial charge >= 0.3 is 0 Å². The third-order valence-electron chi connectivity index (χ3n) is 4.69. The molecule has 1 N–H and O–H groups in total. The summed E-state index contributed by atoms with van der Waals surface area (Å²) >= 11 is 0. The summed E-state index contributed by atoms with van der Waals surface area (Å²) in [6.45, 7) is 1.03. The van der Waals surface area contributed by atoms with Gasteiger partial charge in [-0.3, -0.25) is 5.11 Å². The van der Waals surface area contributed by atoms with Crippen LogP contribution in [-0.4, -0.2) is 12.6 Å². The van der Waals surface area contributed by atoms with Gasteiger partial charge in [0.2, 0.25) is 0 Å². The lowest BCUT2D eigenvalue weighted by Gasteiger charge is -2.30. The van der Waals surface area contributed by atoms with Crippen LogP contribution in [0.3, 0.4) is 0 Å². The Labute approximate surface area is 133 Å². The molecule has 1 saturated carbocycles. The third kappa shape index (κ3) is 4.11. The van der Waals surface area contributed by atoms with Gasteiger partial charge in [0.05, 0.1) is 0 Å². The Balaban J connectivity index is 1.50. The Morgan fingerprint density at radius 1 is 1.00 bits per heavy atom. The molecule has 1 radical (unpaired) electrons. The fourth-order valence-electron chi connectivity index (χ4n) is 3.51. The van der Waals surface area contributed by atoms with Crippen LogP contribution < -0.4 is 5.32 Å². The predicted octanol–water partition coefficient (Wildman–Crippen LogP) is 4.69. The zero-order chi connectivity index (χ0) is 15.2. The summed E-state index contributed by atoms with van der Waals surface area (Å²) < 4.78 is 0. The van der Waals surface area contributed by atoms with E-state index in [1.165, 1.54) is 30.4 Å². The first-order valence-corrected chi connectivity index (χ1v) is 8.35. The fourth-order valence-corrected chi connectivity index (χ4v) is 3.51. The molecule has 2 unspecified atom stereocenters. The highest BCUT2D eigenvalue weighted by Gasteiger charge is 2.23. The van der Waals surface area contributed by atoms with Gasteiger partial charge < -0.3 is 5.32 Å². The highest BCUT2D eigenvalue weighted by Crippen LogP contribution is 2.34. The molecule has 1 aliphatic rings. The Hall–Kier alpha value is -1.80. The van der Waals surface area contributed by atoms with E-state index in [0.717, 1.165) is 19.4 Å². The maximum absolute atomic E-state index is 11.5. The zero-order valence-electron chi connectivity index (χ0n) is 13.0. The van der Waals surface area contributed by atoms with Crippen molar-refractivity contribution in [1.82, 2.24) is 5.32 Å². The average Bonchev–Trinajstić information content (AvgIpc) is 2.56. The highest BCUT2D eigenvalue weighted by atomic mass is 16.3. The summed E-state index contributed by atoms with van der Waals surface area (Å²) in [5, 5.41) is 15.2. The number of benzene rings is 2. The minimum atomic E-state index is 0.136. The molecule has 22 heavy (non-hydrogen) atoms. The van der Waals surface area contributed by atoms with Gasteiger partial charge in [-0.05, 0) is 61.4 Å². The van der Waals surface area contributed by atoms with E-state index in [-0.39, 0.29) is 5.75 Å². The van der Waals surface area contributed by atoms with E-state index in [1.807, 2.05) is 12.1 Å². The van der Waals surface area contributed by atoms with E-state index >= 15 is 0 Å². The molecular weight excluding hydrogens is 270 g/mol. The van der Waals surface area contributed by atoms with Crippen LogP contribution >= 0.6 is 0 Å². The molecule has 2 heteroatoms. The van der Waals surface area contributed by atoms with Crippen LogP contribution in [0.2, 0.25) is 0 Å². The van der Waals surface area contributed by atoms with E-state index in [0.29, 0.717) is 12.0 Å². The van der Waals surface area contributed by atoms with E-state index in [2.05, 4.69) is 41.7 Å². The largest absolute Gasteiger partial charge is 0.314 e. The second-order valence-corrected chi connectivity index (χ2v) is 6.32. The van der Waals surface area contributed by atoms with Crippen molar-refractivity contribution in [3.8, 4) is 5.75 Å². The van der Waals surface area contributed by atoms with Crippen molar-refractivity contribution in [3.63, 3.8) is 0 Å². The molecule has 1 fully saturated rings. The van der Waals surface area contributed by atoms with Gasteiger partial charge in [0.1, 0.15) is 0 Å². The van der Waals surface area contributed by atoms with Gasteiger partial charge in [0.25, 0.3) is 0 Å². The molecule has 2 aromatic rings. The number of nitrogens with one attached hydrogen (secondary N) is 1. The van der Waals surface area contributed by atoms with Crippen molar-refractivity contribution in [2.75, 3.05) is 6.54 Å². The first-order chi connectivity index (χ1) is 10.8. The van der Waals surface area contributed by atoms with Crippen LogP contribution in [-0.2, 0) is 11.5 Å². The lowest BCUT2D eigenvalue weighted by molar-refractivity contribution is 0.335. The summed E-state index contributed by atoms with van der Waals surface area (Å²) in [5.41, 5.74) is 2.61. The van der Waals surface area contributed by atoms with Crippen LogP contribution in [0.5, 0.6) is 5.75 Å². The molecule has 0 spiro atoms. The minimum Gasteiger partial charge on any atom is -0.314 e. The molecule has 0 bridgehead atoms. The minimum absolute atomic E-state index is 0.136. The monoisotopic (exact) mass is 294 g/mol. The van der Waals surface area contributed by atoms with Gasteiger partial charge in [0, 0.05) is 6.04 Å². The Kier molecular flexibility index (Phi) is 5.12. The molecule has 2 atom stereocenters. The molecule has 2 aromatic carbocycles. The quantitative estimate of drug-likeness (QED) is 0.852. The van der Waals surface area contributed by atoms with Gasteiger partial charge in [-0.2, -0.15) is 0 Å². The summed E-state index contributed by atoms with van der Waals surface area (Å²) in [5.74, 6) is 0.675. The summed E-state index contributed by atoms with van der Waals surface area (Å²) in [4.78, 5) is 0. The molecule has 2 nitrogen and oxygen atoms in total. The number of hydrogen-bond donors (Lipinski definition) is 1. The molecule has 0 heterocycles. The van der Waals surface area contributed by atoms with Crippen molar-refractivity contribution in [1.29, 1.82) is 0 Å². The maximum Gasteiger partial charge on any atom is 0.178 e. The molecule has 3 rings (SSSR count). The van der Waals surface area contributed by atoms with E-state index < -0.39 is 0 Å². The number of hydrogen-bond acceptors (Lipinski definition) is 1. The molecule has 0 amide bonds. The normalized spacial score (nSPS) is 21.6. The predicted molar refractivity (Wildman–Crippen MR) is 89.7 cm³/mol. The van der Waals surface area contributed by atoms with Crippen molar-refractivity contribution in [2.24, 2.45) is 0 Å².